The number of aryl methyl sites for hydroxylation is 1. The van der Waals surface area contributed by atoms with Gasteiger partial charge in [-0.05, 0) is 36.8 Å². The molecule has 0 aliphatic carbocycles. The maximum Gasteiger partial charge on any atom is 0.329 e. The molecule has 0 radical (unpaired) electrons. The van der Waals surface area contributed by atoms with Crippen molar-refractivity contribution in [2.45, 2.75) is 19.0 Å². The molecule has 2 aliphatic heterocycles. The lowest BCUT2D eigenvalue weighted by Crippen LogP contribution is -2.38. The van der Waals surface area contributed by atoms with Crippen molar-refractivity contribution in [3.05, 3.63) is 59.1 Å². The summed E-state index contributed by atoms with van der Waals surface area (Å²) in [7, 11) is -3.20. The fourth-order valence-electron chi connectivity index (χ4n) is 3.75. The highest BCUT2D eigenvalue weighted by molar-refractivity contribution is 7.91. The van der Waals surface area contributed by atoms with Crippen LogP contribution in [0.25, 0.3) is 0 Å². The maximum absolute atomic E-state index is 13.2. The minimum absolute atomic E-state index is 0.0190. The first kappa shape index (κ1) is 16.4. The van der Waals surface area contributed by atoms with Crippen molar-refractivity contribution >= 4 is 38.8 Å². The number of anilines is 2. The number of nitrogens with zero attached hydrogens (tertiary/aromatic N) is 2. The van der Waals surface area contributed by atoms with Gasteiger partial charge < -0.3 is 0 Å². The van der Waals surface area contributed by atoms with Crippen molar-refractivity contribution in [1.29, 1.82) is 0 Å². The summed E-state index contributed by atoms with van der Waals surface area (Å²) in [6.07, 6.45) is 0. The highest BCUT2D eigenvalue weighted by atomic mass is 35.5. The molecule has 0 spiro atoms. The molecule has 130 valence electrons. The van der Waals surface area contributed by atoms with E-state index in [0.717, 1.165) is 11.3 Å². The topological polar surface area (TPSA) is 57.7 Å². The van der Waals surface area contributed by atoms with E-state index >= 15 is 0 Å². The first-order chi connectivity index (χ1) is 11.9. The summed E-state index contributed by atoms with van der Waals surface area (Å²) in [6.45, 7) is 1.92. The van der Waals surface area contributed by atoms with E-state index in [1.807, 2.05) is 31.2 Å². The Hall–Kier alpha value is -2.05. The minimum atomic E-state index is -3.20. The fourth-order valence-corrected chi connectivity index (χ4v) is 5.85. The average molecular weight is 377 g/mol. The second kappa shape index (κ2) is 5.75. The van der Waals surface area contributed by atoms with E-state index < -0.39 is 21.9 Å². The van der Waals surface area contributed by atoms with Crippen molar-refractivity contribution in [1.82, 2.24) is 0 Å². The number of benzene rings is 2. The Balaban J connectivity index is 1.84. The predicted molar refractivity (Wildman–Crippen MR) is 99.2 cm³/mol. The Labute approximate surface area is 151 Å². The highest BCUT2D eigenvalue weighted by Crippen LogP contribution is 2.39. The molecule has 25 heavy (non-hydrogen) atoms. The number of halogens is 1. The summed E-state index contributed by atoms with van der Waals surface area (Å²) in [6, 6.07) is 13.5. The first-order valence-electron chi connectivity index (χ1n) is 8.01. The Morgan fingerprint density at radius 3 is 2.36 bits per heavy atom. The van der Waals surface area contributed by atoms with E-state index in [0.29, 0.717) is 10.7 Å². The lowest BCUT2D eigenvalue weighted by molar-refractivity contribution is 0.255. The summed E-state index contributed by atoms with van der Waals surface area (Å²) in [5, 5.41) is 0.511. The molecule has 0 unspecified atom stereocenters. The summed E-state index contributed by atoms with van der Waals surface area (Å²) in [5.41, 5.74) is 2.32. The van der Waals surface area contributed by atoms with Crippen LogP contribution < -0.4 is 9.80 Å². The molecule has 0 N–H and O–H groups in total. The Bertz CT molecular complexity index is 960. The van der Waals surface area contributed by atoms with Crippen LogP contribution in [0, 0.1) is 6.92 Å². The van der Waals surface area contributed by atoms with Crippen LogP contribution in [0.1, 0.15) is 5.56 Å². The normalized spacial score (nSPS) is 24.6. The highest BCUT2D eigenvalue weighted by Gasteiger charge is 2.54. The van der Waals surface area contributed by atoms with Gasteiger partial charge >= 0.3 is 6.03 Å². The number of fused-ring (bicyclic) bond motifs is 1. The summed E-state index contributed by atoms with van der Waals surface area (Å²) >= 11 is 6.08. The van der Waals surface area contributed by atoms with Crippen LogP contribution >= 0.6 is 11.6 Å². The minimum Gasteiger partial charge on any atom is -0.288 e. The van der Waals surface area contributed by atoms with Gasteiger partial charge in [-0.15, -0.1) is 0 Å². The van der Waals surface area contributed by atoms with Gasteiger partial charge in [0.25, 0.3) is 0 Å². The van der Waals surface area contributed by atoms with E-state index in [4.69, 9.17) is 11.6 Å². The molecule has 4 rings (SSSR count). The molecule has 2 saturated heterocycles. The number of amides is 2. The SMILES string of the molecule is Cc1ccccc1N1C(=O)N(c2cccc(Cl)c2)[C@H]2CS(=O)(=O)C[C@@H]21. The zero-order chi connectivity index (χ0) is 17.8. The molecule has 2 aromatic carbocycles. The number of hydrogen-bond acceptors (Lipinski definition) is 3. The van der Waals surface area contributed by atoms with Crippen LogP contribution in [0.3, 0.4) is 0 Å². The molecule has 0 aromatic heterocycles. The standard InChI is InChI=1S/C18H17ClN2O3S/c1-12-5-2-3-8-15(12)21-17-11-25(23,24)10-16(17)20(18(21)22)14-7-4-6-13(19)9-14/h2-9,16-17H,10-11H2,1H3/t16-,17-/m0/s1. The van der Waals surface area contributed by atoms with Gasteiger partial charge in [-0.3, -0.25) is 9.80 Å². The number of rotatable bonds is 2. The second-order valence-electron chi connectivity index (χ2n) is 6.50. The quantitative estimate of drug-likeness (QED) is 0.756. The zero-order valence-corrected chi connectivity index (χ0v) is 15.2. The summed E-state index contributed by atoms with van der Waals surface area (Å²) in [4.78, 5) is 16.4. The number of carbonyl (C=O) groups excluding carboxylic acids is 1. The van der Waals surface area contributed by atoms with E-state index in [9.17, 15) is 13.2 Å². The number of hydrogen-bond donors (Lipinski definition) is 0. The molecule has 2 aromatic rings. The summed E-state index contributed by atoms with van der Waals surface area (Å²) < 4.78 is 24.5. The molecule has 2 heterocycles. The fraction of sp³-hybridized carbons (Fsp3) is 0.278. The van der Waals surface area contributed by atoms with Crippen LogP contribution in [0.15, 0.2) is 48.5 Å². The van der Waals surface area contributed by atoms with Crippen LogP contribution in [0.4, 0.5) is 16.2 Å². The largest absolute Gasteiger partial charge is 0.329 e. The van der Waals surface area contributed by atoms with Gasteiger partial charge in [0.15, 0.2) is 9.84 Å². The van der Waals surface area contributed by atoms with Crippen LogP contribution in [-0.4, -0.2) is 38.0 Å². The molecule has 0 saturated carbocycles. The molecule has 2 aliphatic rings. The lowest BCUT2D eigenvalue weighted by atomic mass is 10.1. The van der Waals surface area contributed by atoms with Crippen molar-refractivity contribution in [3.8, 4) is 0 Å². The Morgan fingerprint density at radius 2 is 1.68 bits per heavy atom. The molecular weight excluding hydrogens is 360 g/mol. The van der Waals surface area contributed by atoms with E-state index in [-0.39, 0.29) is 17.5 Å². The van der Waals surface area contributed by atoms with E-state index in [1.54, 1.807) is 34.1 Å². The number of sulfone groups is 1. The third kappa shape index (κ3) is 2.69. The third-order valence-electron chi connectivity index (χ3n) is 4.83. The predicted octanol–water partition coefficient (Wildman–Crippen LogP) is 3.26. The molecule has 0 bridgehead atoms. The van der Waals surface area contributed by atoms with Crippen LogP contribution in [-0.2, 0) is 9.84 Å². The number of carbonyl (C=O) groups is 1. The monoisotopic (exact) mass is 376 g/mol. The Kier molecular flexibility index (Phi) is 3.77. The van der Waals surface area contributed by atoms with Gasteiger partial charge in [0.2, 0.25) is 0 Å². The zero-order valence-electron chi connectivity index (χ0n) is 13.6. The van der Waals surface area contributed by atoms with Crippen molar-refractivity contribution in [2.24, 2.45) is 0 Å². The van der Waals surface area contributed by atoms with E-state index in [1.165, 1.54) is 0 Å². The molecule has 5 nitrogen and oxygen atoms in total. The Morgan fingerprint density at radius 1 is 1.00 bits per heavy atom. The number of urea groups is 1. The van der Waals surface area contributed by atoms with Crippen LogP contribution in [0.5, 0.6) is 0 Å². The van der Waals surface area contributed by atoms with Gasteiger partial charge in [-0.1, -0.05) is 35.9 Å². The van der Waals surface area contributed by atoms with Gasteiger partial charge in [-0.2, -0.15) is 0 Å². The van der Waals surface area contributed by atoms with E-state index in [2.05, 4.69) is 0 Å². The molecule has 2 atom stereocenters. The first-order valence-corrected chi connectivity index (χ1v) is 10.2. The second-order valence-corrected chi connectivity index (χ2v) is 9.09. The average Bonchev–Trinajstić information content (AvgIpc) is 2.97. The molecule has 7 heteroatoms. The molecular formula is C18H17ClN2O3S. The van der Waals surface area contributed by atoms with Crippen molar-refractivity contribution in [3.63, 3.8) is 0 Å². The van der Waals surface area contributed by atoms with Gasteiger partial charge in [0.1, 0.15) is 0 Å². The van der Waals surface area contributed by atoms with Gasteiger partial charge in [0, 0.05) is 16.4 Å². The third-order valence-corrected chi connectivity index (χ3v) is 6.76. The number of para-hydroxylation sites is 1. The van der Waals surface area contributed by atoms with Gasteiger partial charge in [-0.25, -0.2) is 13.2 Å². The summed E-state index contributed by atoms with van der Waals surface area (Å²) in [5.74, 6) is -0.0485. The smallest absolute Gasteiger partial charge is 0.288 e. The van der Waals surface area contributed by atoms with Gasteiger partial charge in [0.05, 0.1) is 23.6 Å². The van der Waals surface area contributed by atoms with Crippen LogP contribution in [0.2, 0.25) is 5.02 Å². The molecule has 2 amide bonds. The lowest BCUT2D eigenvalue weighted by Gasteiger charge is -2.24. The maximum atomic E-state index is 13.2. The van der Waals surface area contributed by atoms with Crippen molar-refractivity contribution in [2.75, 3.05) is 21.3 Å². The molecule has 2 fully saturated rings. The van der Waals surface area contributed by atoms with Crippen molar-refractivity contribution < 1.29 is 13.2 Å².